The van der Waals surface area contributed by atoms with Gasteiger partial charge in [-0.25, -0.2) is 12.7 Å². The van der Waals surface area contributed by atoms with Crippen LogP contribution < -0.4 is 5.32 Å². The molecule has 0 aliphatic heterocycles. The predicted molar refractivity (Wildman–Crippen MR) is 75.4 cm³/mol. The number of nitrogens with zero attached hydrogens (tertiary/aromatic N) is 2. The molecule has 0 bridgehead atoms. The topological polar surface area (TPSA) is 54.3 Å². The third-order valence-corrected chi connectivity index (χ3v) is 5.30. The third-order valence-electron chi connectivity index (χ3n) is 3.48. The van der Waals surface area contributed by atoms with Crippen LogP contribution in [0.2, 0.25) is 0 Å². The molecule has 0 atom stereocenters. The molecule has 0 aromatic carbocycles. The van der Waals surface area contributed by atoms with Gasteiger partial charge in [-0.15, -0.1) is 0 Å². The second-order valence-electron chi connectivity index (χ2n) is 5.26. The SMILES string of the molecule is CCCN(C)S(=O)(=O)c1cc(CNC2CC2)n(C)c1. The summed E-state index contributed by atoms with van der Waals surface area (Å²) in [4.78, 5) is 0.388. The lowest BCUT2D eigenvalue weighted by Gasteiger charge is -2.14. The summed E-state index contributed by atoms with van der Waals surface area (Å²) in [5, 5.41) is 3.40. The van der Waals surface area contributed by atoms with Crippen LogP contribution in [0, 0.1) is 0 Å². The zero-order chi connectivity index (χ0) is 14.0. The maximum absolute atomic E-state index is 12.3. The molecule has 1 saturated carbocycles. The summed E-state index contributed by atoms with van der Waals surface area (Å²) in [6, 6.07) is 2.40. The van der Waals surface area contributed by atoms with E-state index >= 15 is 0 Å². The van der Waals surface area contributed by atoms with Gasteiger partial charge >= 0.3 is 0 Å². The van der Waals surface area contributed by atoms with Crippen molar-refractivity contribution in [3.05, 3.63) is 18.0 Å². The first kappa shape index (κ1) is 14.6. The minimum Gasteiger partial charge on any atom is -0.352 e. The molecule has 1 heterocycles. The van der Waals surface area contributed by atoms with E-state index in [0.717, 1.165) is 18.7 Å². The number of rotatable bonds is 7. The largest absolute Gasteiger partial charge is 0.352 e. The van der Waals surface area contributed by atoms with Crippen molar-refractivity contribution in [3.63, 3.8) is 0 Å². The minimum atomic E-state index is -3.34. The van der Waals surface area contributed by atoms with E-state index in [1.807, 2.05) is 18.5 Å². The monoisotopic (exact) mass is 285 g/mol. The van der Waals surface area contributed by atoms with Crippen molar-refractivity contribution in [3.8, 4) is 0 Å². The molecule has 1 aromatic rings. The van der Waals surface area contributed by atoms with Gasteiger partial charge in [0.15, 0.2) is 0 Å². The van der Waals surface area contributed by atoms with Gasteiger partial charge in [0.1, 0.15) is 4.90 Å². The fourth-order valence-electron chi connectivity index (χ4n) is 2.05. The third kappa shape index (κ3) is 3.38. The molecule has 1 fully saturated rings. The first-order valence-corrected chi connectivity index (χ1v) is 8.24. The number of hydrogen-bond acceptors (Lipinski definition) is 3. The van der Waals surface area contributed by atoms with Gasteiger partial charge in [0, 0.05) is 45.1 Å². The maximum atomic E-state index is 12.3. The van der Waals surface area contributed by atoms with Crippen LogP contribution >= 0.6 is 0 Å². The van der Waals surface area contributed by atoms with Crippen LogP contribution in [-0.2, 0) is 23.6 Å². The number of aryl methyl sites for hydroxylation is 1. The Labute approximate surface area is 115 Å². The van der Waals surface area contributed by atoms with E-state index in [4.69, 9.17) is 0 Å². The smallest absolute Gasteiger partial charge is 0.244 e. The molecule has 0 spiro atoms. The summed E-state index contributed by atoms with van der Waals surface area (Å²) in [6.07, 6.45) is 4.98. The fraction of sp³-hybridized carbons (Fsp3) is 0.692. The van der Waals surface area contributed by atoms with E-state index in [1.54, 1.807) is 19.3 Å². The normalized spacial score (nSPS) is 16.2. The Morgan fingerprint density at radius 1 is 1.47 bits per heavy atom. The highest BCUT2D eigenvalue weighted by Gasteiger charge is 2.24. The highest BCUT2D eigenvalue weighted by molar-refractivity contribution is 7.89. The summed E-state index contributed by atoms with van der Waals surface area (Å²) < 4.78 is 28.0. The van der Waals surface area contributed by atoms with E-state index < -0.39 is 10.0 Å². The van der Waals surface area contributed by atoms with E-state index in [2.05, 4.69) is 5.32 Å². The van der Waals surface area contributed by atoms with Crippen LogP contribution in [0.3, 0.4) is 0 Å². The molecule has 19 heavy (non-hydrogen) atoms. The van der Waals surface area contributed by atoms with E-state index in [-0.39, 0.29) is 0 Å². The number of aromatic nitrogens is 1. The highest BCUT2D eigenvalue weighted by atomic mass is 32.2. The minimum absolute atomic E-state index is 0.388. The van der Waals surface area contributed by atoms with Gasteiger partial charge in [0.05, 0.1) is 0 Å². The van der Waals surface area contributed by atoms with Crippen molar-refractivity contribution >= 4 is 10.0 Å². The average Bonchev–Trinajstić information content (AvgIpc) is 3.10. The Bertz CT molecular complexity index is 532. The van der Waals surface area contributed by atoms with Crippen LogP contribution in [0.4, 0.5) is 0 Å². The van der Waals surface area contributed by atoms with E-state index in [0.29, 0.717) is 17.5 Å². The van der Waals surface area contributed by atoms with Gasteiger partial charge in [0.25, 0.3) is 0 Å². The van der Waals surface area contributed by atoms with Crippen LogP contribution in [-0.4, -0.2) is 36.9 Å². The Balaban J connectivity index is 2.13. The molecule has 1 aliphatic rings. The van der Waals surface area contributed by atoms with E-state index in [1.165, 1.54) is 17.1 Å². The molecule has 0 amide bonds. The van der Waals surface area contributed by atoms with Crippen LogP contribution in [0.15, 0.2) is 17.2 Å². The highest BCUT2D eigenvalue weighted by Crippen LogP contribution is 2.21. The fourth-order valence-corrected chi connectivity index (χ4v) is 3.40. The van der Waals surface area contributed by atoms with Gasteiger partial charge in [-0.3, -0.25) is 0 Å². The molecule has 0 unspecified atom stereocenters. The Morgan fingerprint density at radius 3 is 2.74 bits per heavy atom. The molecular weight excluding hydrogens is 262 g/mol. The summed E-state index contributed by atoms with van der Waals surface area (Å²) in [7, 11) is 0.183. The van der Waals surface area contributed by atoms with Gasteiger partial charge in [-0.1, -0.05) is 6.92 Å². The Morgan fingerprint density at radius 2 is 2.16 bits per heavy atom. The van der Waals surface area contributed by atoms with Crippen molar-refractivity contribution < 1.29 is 8.42 Å². The second-order valence-corrected chi connectivity index (χ2v) is 7.30. The van der Waals surface area contributed by atoms with Gasteiger partial charge in [0.2, 0.25) is 10.0 Å². The summed E-state index contributed by atoms with van der Waals surface area (Å²) >= 11 is 0. The Hall–Kier alpha value is -0.850. The van der Waals surface area contributed by atoms with Crippen molar-refractivity contribution in [2.75, 3.05) is 13.6 Å². The second kappa shape index (κ2) is 5.64. The molecule has 6 heteroatoms. The predicted octanol–water partition coefficient (Wildman–Crippen LogP) is 1.31. The number of nitrogens with one attached hydrogen (secondary N) is 1. The van der Waals surface area contributed by atoms with E-state index in [9.17, 15) is 8.42 Å². The molecule has 5 nitrogen and oxygen atoms in total. The summed E-state index contributed by atoms with van der Waals surface area (Å²) in [5.41, 5.74) is 1.01. The van der Waals surface area contributed by atoms with Gasteiger partial charge in [-0.2, -0.15) is 0 Å². The molecule has 1 aromatic heterocycles. The Kier molecular flexibility index (Phi) is 4.32. The van der Waals surface area contributed by atoms with Crippen molar-refractivity contribution in [2.45, 2.75) is 43.7 Å². The lowest BCUT2D eigenvalue weighted by atomic mass is 10.4. The lowest BCUT2D eigenvalue weighted by molar-refractivity contribution is 0.468. The molecule has 0 radical (unpaired) electrons. The number of sulfonamides is 1. The van der Waals surface area contributed by atoms with Crippen molar-refractivity contribution in [2.24, 2.45) is 7.05 Å². The molecule has 108 valence electrons. The van der Waals surface area contributed by atoms with Crippen LogP contribution in [0.1, 0.15) is 31.9 Å². The maximum Gasteiger partial charge on any atom is 0.244 e. The number of hydrogen-bond donors (Lipinski definition) is 1. The first-order chi connectivity index (χ1) is 8.95. The van der Waals surface area contributed by atoms with Gasteiger partial charge in [-0.05, 0) is 25.3 Å². The summed E-state index contributed by atoms with van der Waals surface area (Å²) in [6.45, 7) is 3.25. The molecule has 0 saturated heterocycles. The lowest BCUT2D eigenvalue weighted by Crippen LogP contribution is -2.27. The van der Waals surface area contributed by atoms with Gasteiger partial charge < -0.3 is 9.88 Å². The van der Waals surface area contributed by atoms with Crippen LogP contribution in [0.25, 0.3) is 0 Å². The molecular formula is C13H23N3O2S. The van der Waals surface area contributed by atoms with Crippen molar-refractivity contribution in [1.29, 1.82) is 0 Å². The quantitative estimate of drug-likeness (QED) is 0.822. The molecule has 1 aliphatic carbocycles. The molecule has 1 N–H and O–H groups in total. The van der Waals surface area contributed by atoms with Crippen molar-refractivity contribution in [1.82, 2.24) is 14.2 Å². The standard InChI is InChI=1S/C13H23N3O2S/c1-4-7-16(3)19(17,18)13-8-12(15(2)10-13)9-14-11-5-6-11/h8,10-11,14H,4-7,9H2,1-3H3. The zero-order valence-corrected chi connectivity index (χ0v) is 12.7. The summed E-state index contributed by atoms with van der Waals surface area (Å²) in [5.74, 6) is 0. The van der Waals surface area contributed by atoms with Crippen LogP contribution in [0.5, 0.6) is 0 Å². The average molecular weight is 285 g/mol. The molecule has 2 rings (SSSR count). The zero-order valence-electron chi connectivity index (χ0n) is 11.9. The first-order valence-electron chi connectivity index (χ1n) is 6.80.